The Morgan fingerprint density at radius 2 is 1.33 bits per heavy atom. The van der Waals surface area contributed by atoms with Crippen LogP contribution in [0.15, 0.2) is 24.3 Å². The number of carboxylic acid groups (broad SMARTS) is 1. The van der Waals surface area contributed by atoms with Crippen molar-refractivity contribution in [2.24, 2.45) is 0 Å². The molecule has 0 fully saturated rings. The van der Waals surface area contributed by atoms with Crippen LogP contribution in [0.25, 0.3) is 0 Å². The van der Waals surface area contributed by atoms with Crippen LogP contribution in [0.4, 0.5) is 0 Å². The van der Waals surface area contributed by atoms with Crippen LogP contribution in [0, 0.1) is 0 Å². The number of ketones is 1. The van der Waals surface area contributed by atoms with E-state index in [4.69, 9.17) is 23.6 Å². The van der Waals surface area contributed by atoms with Crippen molar-refractivity contribution in [2.45, 2.75) is 116 Å². The summed E-state index contributed by atoms with van der Waals surface area (Å²) in [5.74, 6) is -3.24. The zero-order valence-electron chi connectivity index (χ0n) is 28.5. The number of phosphoric ester groups is 1. The van der Waals surface area contributed by atoms with Gasteiger partial charge in [-0.05, 0) is 38.2 Å². The topological polar surface area (TPSA) is 163 Å². The highest BCUT2D eigenvalue weighted by Gasteiger charge is 2.27. The summed E-state index contributed by atoms with van der Waals surface area (Å²) in [6, 6.07) is 0. The highest BCUT2D eigenvalue weighted by molar-refractivity contribution is 7.47. The summed E-state index contributed by atoms with van der Waals surface area (Å²) >= 11 is 0. The van der Waals surface area contributed by atoms with Crippen molar-refractivity contribution >= 4 is 31.5 Å². The van der Waals surface area contributed by atoms with Crippen molar-refractivity contribution in [1.82, 2.24) is 0 Å². The smallest absolute Gasteiger partial charge is 0.472 e. The summed E-state index contributed by atoms with van der Waals surface area (Å²) in [6.45, 7) is 1.61. The van der Waals surface area contributed by atoms with Gasteiger partial charge in [-0.2, -0.15) is 0 Å². The number of carboxylic acids is 1. The van der Waals surface area contributed by atoms with Gasteiger partial charge < -0.3 is 24.0 Å². The molecular weight excluding hydrogens is 617 g/mol. The first-order chi connectivity index (χ1) is 21.7. The Bertz CT molecular complexity index is 975. The highest BCUT2D eigenvalue weighted by atomic mass is 31.2. The van der Waals surface area contributed by atoms with Crippen molar-refractivity contribution in [2.75, 3.05) is 47.5 Å². The number of phosphoric acid groups is 1. The third-order valence-corrected chi connectivity index (χ3v) is 7.78. The molecule has 0 bridgehead atoms. The third kappa shape index (κ3) is 30.3. The van der Waals surface area contributed by atoms with Crippen molar-refractivity contribution < 1.29 is 56.7 Å². The lowest BCUT2D eigenvalue weighted by atomic mass is 10.1. The minimum absolute atomic E-state index is 0.0569. The van der Waals surface area contributed by atoms with Gasteiger partial charge in [-0.15, -0.1) is 0 Å². The summed E-state index contributed by atoms with van der Waals surface area (Å²) in [5.41, 5.74) is 0. The molecule has 2 atom stereocenters. The molecule has 0 spiro atoms. The molecule has 13 heteroatoms. The van der Waals surface area contributed by atoms with Gasteiger partial charge in [0.2, 0.25) is 0 Å². The number of carbonyl (C=O) groups is 4. The number of aliphatic carboxylic acids is 1. The fourth-order valence-electron chi connectivity index (χ4n) is 4.08. The van der Waals surface area contributed by atoms with E-state index in [0.29, 0.717) is 23.5 Å². The number of unbranched alkanes of at least 4 members (excludes halogenated alkanes) is 11. The van der Waals surface area contributed by atoms with Crippen molar-refractivity contribution in [1.29, 1.82) is 0 Å². The maximum atomic E-state index is 12.3. The number of ether oxygens (including phenoxy) is 2. The van der Waals surface area contributed by atoms with Gasteiger partial charge >= 0.3 is 25.7 Å². The average molecular weight is 677 g/mol. The van der Waals surface area contributed by atoms with E-state index >= 15 is 0 Å². The molecule has 0 rings (SSSR count). The molecule has 0 aromatic carbocycles. The third-order valence-electron chi connectivity index (χ3n) is 6.80. The molecule has 0 radical (unpaired) electrons. The summed E-state index contributed by atoms with van der Waals surface area (Å²) in [5, 5.41) is 8.60. The summed E-state index contributed by atoms with van der Waals surface area (Å²) < 4.78 is 33.2. The van der Waals surface area contributed by atoms with Crippen LogP contribution in [-0.2, 0) is 42.3 Å². The van der Waals surface area contributed by atoms with Crippen LogP contribution in [-0.4, -0.2) is 91.8 Å². The van der Waals surface area contributed by atoms with Gasteiger partial charge in [0.25, 0.3) is 0 Å². The number of quaternary nitrogens is 1. The Kier molecular flexibility index (Phi) is 25.3. The van der Waals surface area contributed by atoms with E-state index in [9.17, 15) is 28.6 Å². The number of nitrogens with zero attached hydrogens (tertiary/aromatic N) is 1. The molecule has 0 saturated carbocycles. The van der Waals surface area contributed by atoms with Gasteiger partial charge in [-0.25, -0.2) is 9.36 Å². The first-order valence-corrected chi connectivity index (χ1v) is 18.1. The SMILES string of the molecule is CCCCCCCC/C=C\CCCCCCCC(=O)OC[C@H](COP(=O)(O)OCC[N+](C)(C)C)OC(=O)CCC(=O)/C=C/C(=O)O. The van der Waals surface area contributed by atoms with Gasteiger partial charge in [0.15, 0.2) is 11.9 Å². The molecule has 0 aliphatic rings. The van der Waals surface area contributed by atoms with Crippen molar-refractivity contribution in [3.63, 3.8) is 0 Å². The Balaban J connectivity index is 4.50. The second-order valence-electron chi connectivity index (χ2n) is 12.4. The van der Waals surface area contributed by atoms with E-state index < -0.39 is 50.8 Å². The normalized spacial score (nSPS) is 13.9. The lowest BCUT2D eigenvalue weighted by molar-refractivity contribution is -0.870. The second kappa shape index (κ2) is 26.7. The van der Waals surface area contributed by atoms with E-state index in [0.717, 1.165) is 44.6 Å². The molecule has 12 nitrogen and oxygen atoms in total. The average Bonchev–Trinajstić information content (AvgIpc) is 2.97. The molecule has 0 aromatic rings. The molecule has 0 saturated heterocycles. The highest BCUT2D eigenvalue weighted by Crippen LogP contribution is 2.43. The lowest BCUT2D eigenvalue weighted by Gasteiger charge is -2.24. The summed E-state index contributed by atoms with van der Waals surface area (Å²) in [4.78, 5) is 56.9. The molecule has 0 aromatic heterocycles. The van der Waals surface area contributed by atoms with E-state index in [1.807, 2.05) is 21.1 Å². The van der Waals surface area contributed by atoms with Crippen molar-refractivity contribution in [3.05, 3.63) is 24.3 Å². The van der Waals surface area contributed by atoms with Gasteiger partial charge in [0.1, 0.15) is 19.8 Å². The van der Waals surface area contributed by atoms with Crippen LogP contribution in [0.5, 0.6) is 0 Å². The minimum atomic E-state index is -4.48. The largest absolute Gasteiger partial charge is 0.478 e. The fraction of sp³-hybridized carbons (Fsp3) is 0.758. The van der Waals surface area contributed by atoms with Gasteiger partial charge in [0, 0.05) is 18.9 Å². The van der Waals surface area contributed by atoms with Gasteiger partial charge in [-0.1, -0.05) is 70.4 Å². The van der Waals surface area contributed by atoms with E-state index in [1.165, 1.54) is 38.5 Å². The number of carbonyl (C=O) groups excluding carboxylic acids is 3. The minimum Gasteiger partial charge on any atom is -0.478 e. The molecular formula is C33H59NO11P+. The molecule has 1 unspecified atom stereocenters. The summed E-state index contributed by atoms with van der Waals surface area (Å²) in [7, 11) is 1.17. The Labute approximate surface area is 275 Å². The molecule has 0 amide bonds. The van der Waals surface area contributed by atoms with E-state index in [2.05, 4.69) is 19.1 Å². The first kappa shape index (κ1) is 43.6. The number of likely N-dealkylation sites (N-methyl/N-ethyl adjacent to an activating group) is 1. The first-order valence-electron chi connectivity index (χ1n) is 16.6. The summed E-state index contributed by atoms with van der Waals surface area (Å²) in [6.07, 6.45) is 19.1. The zero-order chi connectivity index (χ0) is 34.7. The maximum Gasteiger partial charge on any atom is 0.472 e. The fourth-order valence-corrected chi connectivity index (χ4v) is 4.82. The predicted molar refractivity (Wildman–Crippen MR) is 176 cm³/mol. The van der Waals surface area contributed by atoms with Gasteiger partial charge in [0.05, 0.1) is 34.2 Å². The van der Waals surface area contributed by atoms with E-state index in [-0.39, 0.29) is 25.9 Å². The number of allylic oxidation sites excluding steroid dienone is 3. The molecule has 46 heavy (non-hydrogen) atoms. The number of esters is 2. The second-order valence-corrected chi connectivity index (χ2v) is 13.8. The molecule has 0 aliphatic heterocycles. The molecule has 2 N–H and O–H groups in total. The Hall–Kier alpha value is -2.37. The van der Waals surface area contributed by atoms with Crippen LogP contribution in [0.1, 0.15) is 110 Å². The standard InChI is InChI=1S/C33H58NO11P/c1-5-6-7-8-9-10-11-12-13-14-15-16-17-18-19-20-32(38)42-27-30(28-44-46(40,41)43-26-25-34(2,3)4)45-33(39)24-22-29(35)21-23-31(36)37/h12-13,21,23,30H,5-11,14-20,22,24-28H2,1-4H3,(H-,36,37,40,41)/p+1/b13-12-,23-21+/t30-/m1/s1. The molecule has 266 valence electrons. The van der Waals surface area contributed by atoms with E-state index in [1.54, 1.807) is 0 Å². The predicted octanol–water partition coefficient (Wildman–Crippen LogP) is 6.31. The van der Waals surface area contributed by atoms with Crippen LogP contribution in [0.2, 0.25) is 0 Å². The monoisotopic (exact) mass is 676 g/mol. The number of rotatable bonds is 30. The Morgan fingerprint density at radius 3 is 1.91 bits per heavy atom. The molecule has 0 heterocycles. The van der Waals surface area contributed by atoms with Crippen LogP contribution >= 0.6 is 7.82 Å². The zero-order valence-corrected chi connectivity index (χ0v) is 29.4. The number of hydrogen-bond acceptors (Lipinski definition) is 9. The van der Waals surface area contributed by atoms with Gasteiger partial charge in [-0.3, -0.25) is 23.4 Å². The van der Waals surface area contributed by atoms with Crippen LogP contribution in [0.3, 0.4) is 0 Å². The maximum absolute atomic E-state index is 12.3. The van der Waals surface area contributed by atoms with Crippen molar-refractivity contribution in [3.8, 4) is 0 Å². The Morgan fingerprint density at radius 1 is 0.739 bits per heavy atom. The number of hydrogen-bond donors (Lipinski definition) is 2. The van der Waals surface area contributed by atoms with Crippen LogP contribution < -0.4 is 0 Å². The lowest BCUT2D eigenvalue weighted by Crippen LogP contribution is -2.37. The quantitative estimate of drug-likeness (QED) is 0.0219. The molecule has 0 aliphatic carbocycles.